The van der Waals surface area contributed by atoms with Crippen molar-refractivity contribution in [2.24, 2.45) is 17.3 Å². The topological polar surface area (TPSA) is 57.6 Å². The normalized spacial score (nSPS) is 30.2. The van der Waals surface area contributed by atoms with Gasteiger partial charge in [-0.1, -0.05) is 44.2 Å². The standard InChI is InChI=1S/C17H21NO3/c1-17(2)13(14(17)16(20)21)15(19)18-10-6-9-12(18)11-7-4-3-5-8-11/h3-5,7-8,12-14H,6,9-10H2,1-2H3,(H,20,21)/t12?,13-,14+/m1/s1. The lowest BCUT2D eigenvalue weighted by Crippen LogP contribution is -2.33. The maximum absolute atomic E-state index is 12.8. The highest BCUT2D eigenvalue weighted by molar-refractivity contribution is 5.92. The molecule has 1 aromatic rings. The van der Waals surface area contributed by atoms with Gasteiger partial charge in [0.1, 0.15) is 0 Å². The smallest absolute Gasteiger partial charge is 0.307 e. The van der Waals surface area contributed by atoms with E-state index >= 15 is 0 Å². The summed E-state index contributed by atoms with van der Waals surface area (Å²) in [6.45, 7) is 4.49. The van der Waals surface area contributed by atoms with E-state index in [4.69, 9.17) is 0 Å². The minimum Gasteiger partial charge on any atom is -0.481 e. The fraction of sp³-hybridized carbons (Fsp3) is 0.529. The lowest BCUT2D eigenvalue weighted by Gasteiger charge is -2.26. The maximum Gasteiger partial charge on any atom is 0.307 e. The summed E-state index contributed by atoms with van der Waals surface area (Å²) >= 11 is 0. The Morgan fingerprint density at radius 3 is 2.43 bits per heavy atom. The van der Waals surface area contributed by atoms with E-state index in [0.717, 1.165) is 24.9 Å². The van der Waals surface area contributed by atoms with Crippen LogP contribution < -0.4 is 0 Å². The van der Waals surface area contributed by atoms with Crippen molar-refractivity contribution < 1.29 is 14.7 Å². The van der Waals surface area contributed by atoms with E-state index in [1.54, 1.807) is 0 Å². The summed E-state index contributed by atoms with van der Waals surface area (Å²) in [6, 6.07) is 10.1. The van der Waals surface area contributed by atoms with Crippen molar-refractivity contribution >= 4 is 11.9 Å². The van der Waals surface area contributed by atoms with Crippen LogP contribution in [0.15, 0.2) is 30.3 Å². The van der Waals surface area contributed by atoms with E-state index in [1.165, 1.54) is 0 Å². The third-order valence-corrected chi connectivity index (χ3v) is 5.08. The molecule has 2 aliphatic rings. The third kappa shape index (κ3) is 2.23. The van der Waals surface area contributed by atoms with Crippen molar-refractivity contribution in [2.75, 3.05) is 6.54 Å². The van der Waals surface area contributed by atoms with Gasteiger partial charge in [-0.15, -0.1) is 0 Å². The van der Waals surface area contributed by atoms with Crippen molar-refractivity contribution in [3.63, 3.8) is 0 Å². The Kier molecular flexibility index (Phi) is 3.27. The molecule has 3 rings (SSSR count). The van der Waals surface area contributed by atoms with Gasteiger partial charge < -0.3 is 10.0 Å². The first-order valence-electron chi connectivity index (χ1n) is 7.53. The fourth-order valence-corrected chi connectivity index (χ4v) is 3.79. The minimum absolute atomic E-state index is 0.0127. The number of likely N-dealkylation sites (tertiary alicyclic amines) is 1. The van der Waals surface area contributed by atoms with Crippen molar-refractivity contribution in [2.45, 2.75) is 32.7 Å². The van der Waals surface area contributed by atoms with Gasteiger partial charge in [-0.3, -0.25) is 9.59 Å². The highest BCUT2D eigenvalue weighted by atomic mass is 16.4. The van der Waals surface area contributed by atoms with Crippen LogP contribution in [0.4, 0.5) is 0 Å². The second-order valence-electron chi connectivity index (χ2n) is 6.72. The van der Waals surface area contributed by atoms with Gasteiger partial charge in [0.2, 0.25) is 5.91 Å². The Balaban J connectivity index is 1.81. The molecule has 1 aliphatic heterocycles. The van der Waals surface area contributed by atoms with Crippen molar-refractivity contribution in [1.82, 2.24) is 4.90 Å². The van der Waals surface area contributed by atoms with Crippen LogP contribution in [0.2, 0.25) is 0 Å². The molecule has 0 radical (unpaired) electrons. The van der Waals surface area contributed by atoms with Crippen LogP contribution in [0, 0.1) is 17.3 Å². The summed E-state index contributed by atoms with van der Waals surface area (Å²) in [7, 11) is 0. The largest absolute Gasteiger partial charge is 0.481 e. The first kappa shape index (κ1) is 14.1. The van der Waals surface area contributed by atoms with Crippen LogP contribution in [0.5, 0.6) is 0 Å². The number of hydrogen-bond acceptors (Lipinski definition) is 2. The zero-order valence-electron chi connectivity index (χ0n) is 12.5. The average Bonchev–Trinajstić information content (AvgIpc) is 2.84. The molecule has 4 heteroatoms. The summed E-state index contributed by atoms with van der Waals surface area (Å²) in [5, 5.41) is 9.26. The number of carboxylic acid groups (broad SMARTS) is 1. The van der Waals surface area contributed by atoms with Crippen LogP contribution in [0.1, 0.15) is 38.3 Å². The second kappa shape index (κ2) is 4.86. The average molecular weight is 287 g/mol. The van der Waals surface area contributed by atoms with Crippen LogP contribution in [-0.2, 0) is 9.59 Å². The van der Waals surface area contributed by atoms with E-state index < -0.39 is 17.3 Å². The summed E-state index contributed by atoms with van der Waals surface area (Å²) < 4.78 is 0. The molecule has 0 bridgehead atoms. The summed E-state index contributed by atoms with van der Waals surface area (Å²) in [5.41, 5.74) is 0.723. The molecule has 1 aromatic carbocycles. The number of hydrogen-bond donors (Lipinski definition) is 1. The van der Waals surface area contributed by atoms with Gasteiger partial charge >= 0.3 is 5.97 Å². The molecule has 0 spiro atoms. The molecule has 112 valence electrons. The van der Waals surface area contributed by atoms with Crippen molar-refractivity contribution in [1.29, 1.82) is 0 Å². The molecular formula is C17H21NO3. The van der Waals surface area contributed by atoms with E-state index in [-0.39, 0.29) is 17.9 Å². The highest BCUT2D eigenvalue weighted by Crippen LogP contribution is 2.59. The maximum atomic E-state index is 12.8. The molecule has 1 saturated heterocycles. The zero-order valence-corrected chi connectivity index (χ0v) is 12.5. The van der Waals surface area contributed by atoms with Gasteiger partial charge in [0.05, 0.1) is 17.9 Å². The molecular weight excluding hydrogens is 266 g/mol. The van der Waals surface area contributed by atoms with E-state index in [2.05, 4.69) is 0 Å². The van der Waals surface area contributed by atoms with E-state index in [1.807, 2.05) is 49.1 Å². The number of carboxylic acids is 1. The van der Waals surface area contributed by atoms with Gasteiger partial charge in [0.25, 0.3) is 0 Å². The minimum atomic E-state index is -0.853. The third-order valence-electron chi connectivity index (χ3n) is 5.08. The van der Waals surface area contributed by atoms with Gasteiger partial charge in [0, 0.05) is 6.54 Å². The van der Waals surface area contributed by atoms with Crippen LogP contribution in [-0.4, -0.2) is 28.4 Å². The van der Waals surface area contributed by atoms with Crippen LogP contribution >= 0.6 is 0 Å². The first-order valence-corrected chi connectivity index (χ1v) is 7.53. The summed E-state index contributed by atoms with van der Waals surface area (Å²) in [4.78, 5) is 26.0. The number of amides is 1. The molecule has 1 heterocycles. The Morgan fingerprint density at radius 1 is 1.19 bits per heavy atom. The second-order valence-corrected chi connectivity index (χ2v) is 6.72. The molecule has 1 N–H and O–H groups in total. The van der Waals surface area contributed by atoms with Gasteiger partial charge in [-0.05, 0) is 23.8 Å². The quantitative estimate of drug-likeness (QED) is 0.930. The van der Waals surface area contributed by atoms with E-state index in [0.29, 0.717) is 0 Å². The van der Waals surface area contributed by atoms with Crippen molar-refractivity contribution in [3.8, 4) is 0 Å². The number of carbonyl (C=O) groups excluding carboxylic acids is 1. The molecule has 4 nitrogen and oxygen atoms in total. The number of carbonyl (C=O) groups is 2. The van der Waals surface area contributed by atoms with Gasteiger partial charge in [-0.2, -0.15) is 0 Å². The molecule has 1 unspecified atom stereocenters. The SMILES string of the molecule is CC1(C)[C@H](C(=O)O)[C@@H]1C(=O)N1CCCC1c1ccccc1. The molecule has 1 saturated carbocycles. The Morgan fingerprint density at radius 2 is 1.86 bits per heavy atom. The van der Waals surface area contributed by atoms with Crippen LogP contribution in [0.25, 0.3) is 0 Å². The molecule has 3 atom stereocenters. The highest BCUT2D eigenvalue weighted by Gasteiger charge is 2.67. The number of nitrogens with zero attached hydrogens (tertiary/aromatic N) is 1. The Labute approximate surface area is 124 Å². The van der Waals surface area contributed by atoms with Gasteiger partial charge in [0.15, 0.2) is 0 Å². The molecule has 0 aromatic heterocycles. The molecule has 1 amide bonds. The monoisotopic (exact) mass is 287 g/mol. The molecule has 2 fully saturated rings. The molecule has 21 heavy (non-hydrogen) atoms. The number of benzene rings is 1. The lowest BCUT2D eigenvalue weighted by atomic mass is 10.0. The Bertz CT molecular complexity index is 567. The number of aliphatic carboxylic acids is 1. The predicted molar refractivity (Wildman–Crippen MR) is 78.5 cm³/mol. The van der Waals surface area contributed by atoms with Crippen molar-refractivity contribution in [3.05, 3.63) is 35.9 Å². The fourth-order valence-electron chi connectivity index (χ4n) is 3.79. The zero-order chi connectivity index (χ0) is 15.2. The van der Waals surface area contributed by atoms with E-state index in [9.17, 15) is 14.7 Å². The first-order chi connectivity index (χ1) is 9.94. The number of rotatable bonds is 3. The molecule has 1 aliphatic carbocycles. The Hall–Kier alpha value is -1.84. The predicted octanol–water partition coefficient (Wildman–Crippen LogP) is 2.71. The summed E-state index contributed by atoms with van der Waals surface area (Å²) in [5.74, 6) is -1.76. The lowest BCUT2D eigenvalue weighted by molar-refractivity contribution is -0.142. The van der Waals surface area contributed by atoms with Gasteiger partial charge in [-0.25, -0.2) is 0 Å². The van der Waals surface area contributed by atoms with Crippen LogP contribution in [0.3, 0.4) is 0 Å². The summed E-state index contributed by atoms with van der Waals surface area (Å²) in [6.07, 6.45) is 1.94.